The van der Waals surface area contributed by atoms with Crippen LogP contribution in [0.4, 0.5) is 0 Å². The van der Waals surface area contributed by atoms with Gasteiger partial charge in [-0.3, -0.25) is 4.84 Å². The average molecular weight is 362 g/mol. The lowest BCUT2D eigenvalue weighted by Crippen LogP contribution is -2.45. The predicted molar refractivity (Wildman–Crippen MR) is 90.5 cm³/mol. The maximum Gasteiger partial charge on any atom is 0.299 e. The van der Waals surface area contributed by atoms with E-state index in [-0.39, 0.29) is 17.3 Å². The molecule has 4 rings (SSSR count). The zero-order valence-corrected chi connectivity index (χ0v) is 14.6. The normalized spacial score (nSPS) is 35.0. The minimum Gasteiger partial charge on any atom is -0.310 e. The van der Waals surface area contributed by atoms with Crippen LogP contribution in [0.3, 0.4) is 0 Å². The number of hydrogen-bond acceptors (Lipinski definition) is 6. The molecule has 0 aromatic heterocycles. The van der Waals surface area contributed by atoms with Crippen LogP contribution in [0, 0.1) is 37.5 Å². The second-order valence-electron chi connectivity index (χ2n) is 8.03. The third kappa shape index (κ3) is 2.68. The maximum absolute atomic E-state index is 10.9. The lowest BCUT2D eigenvalue weighted by molar-refractivity contribution is -0.772. The fourth-order valence-electron chi connectivity index (χ4n) is 5.93. The summed E-state index contributed by atoms with van der Waals surface area (Å²) in [5.74, 6) is 1.60. The molecule has 0 heterocycles. The Labute approximate surface area is 150 Å². The van der Waals surface area contributed by atoms with Crippen LogP contribution >= 0.6 is 0 Å². The molecule has 1 aromatic carbocycles. The molecule has 2 fully saturated rings. The molecule has 0 aliphatic heterocycles. The molecular weight excluding hydrogens is 340 g/mol. The summed E-state index contributed by atoms with van der Waals surface area (Å²) in [5, 5.41) is 20.0. The van der Waals surface area contributed by atoms with Crippen molar-refractivity contribution in [1.29, 1.82) is 0 Å². The maximum atomic E-state index is 10.9. The van der Waals surface area contributed by atoms with Gasteiger partial charge in [0.05, 0.1) is 0 Å². The molecule has 0 bridgehead atoms. The Kier molecular flexibility index (Phi) is 4.00. The van der Waals surface area contributed by atoms with Crippen molar-refractivity contribution < 1.29 is 19.8 Å². The lowest BCUT2D eigenvalue weighted by atomic mass is 9.55. The molecule has 140 valence electrons. The van der Waals surface area contributed by atoms with Gasteiger partial charge in [-0.05, 0) is 85.0 Å². The van der Waals surface area contributed by atoms with E-state index < -0.39 is 10.2 Å². The number of hydrogen-bond donors (Lipinski definition) is 0. The van der Waals surface area contributed by atoms with Crippen LogP contribution < -0.4 is 4.84 Å². The van der Waals surface area contributed by atoms with Crippen molar-refractivity contribution in [2.75, 3.05) is 0 Å². The second kappa shape index (κ2) is 6.10. The predicted octanol–water partition coefficient (Wildman–Crippen LogP) is 3.69. The zero-order valence-electron chi connectivity index (χ0n) is 14.6. The highest BCUT2D eigenvalue weighted by Crippen LogP contribution is 2.61. The first kappa shape index (κ1) is 17.1. The third-order valence-electron chi connectivity index (χ3n) is 7.00. The molecule has 3 aliphatic carbocycles. The largest absolute Gasteiger partial charge is 0.310 e. The van der Waals surface area contributed by atoms with Gasteiger partial charge in [0.2, 0.25) is 0 Å². The van der Waals surface area contributed by atoms with Gasteiger partial charge in [0.25, 0.3) is 10.2 Å². The highest BCUT2D eigenvalue weighted by molar-refractivity contribution is 5.40. The number of benzene rings is 1. The fraction of sp³-hybridized carbons (Fsp3) is 0.667. The van der Waals surface area contributed by atoms with Gasteiger partial charge in [-0.25, -0.2) is 0 Å². The summed E-state index contributed by atoms with van der Waals surface area (Å²) in [6.45, 7) is 2.15. The van der Waals surface area contributed by atoms with E-state index in [1.54, 1.807) is 12.1 Å². The van der Waals surface area contributed by atoms with Gasteiger partial charge < -0.3 is 4.84 Å². The van der Waals surface area contributed by atoms with Gasteiger partial charge in [0.15, 0.2) is 0 Å². The molecule has 0 amide bonds. The molecular formula is C18H22N2O6. The van der Waals surface area contributed by atoms with Crippen LogP contribution in [0.1, 0.15) is 56.1 Å². The minimum absolute atomic E-state index is 0.138. The Bertz CT molecular complexity index is 753. The molecule has 0 spiro atoms. The monoisotopic (exact) mass is 362 g/mol. The average Bonchev–Trinajstić information content (AvgIpc) is 2.90. The Hall–Kier alpha value is -2.38. The van der Waals surface area contributed by atoms with E-state index in [4.69, 9.17) is 4.84 Å². The Morgan fingerprint density at radius 2 is 1.92 bits per heavy atom. The molecule has 0 saturated heterocycles. The standard InChI is InChI=1S/C18H22N2O6/c1-18-9-8-14-13-5-3-12(25-19(21)22)10-11(13)2-4-15(14)16(18)6-7-17(18)26-20(23)24/h3,5,10,14-17H,2,4,6-9H2,1H3/t14-,15-,16+,17?,18+/m1/s1. The van der Waals surface area contributed by atoms with Gasteiger partial charge >= 0.3 is 0 Å². The van der Waals surface area contributed by atoms with Crippen LogP contribution in [0.25, 0.3) is 0 Å². The summed E-state index contributed by atoms with van der Waals surface area (Å²) in [6, 6.07) is 5.42. The van der Waals surface area contributed by atoms with E-state index in [1.165, 1.54) is 5.56 Å². The zero-order chi connectivity index (χ0) is 18.5. The van der Waals surface area contributed by atoms with Crippen LogP contribution in [0.15, 0.2) is 18.2 Å². The molecule has 0 radical (unpaired) electrons. The molecule has 5 atom stereocenters. The molecule has 0 N–H and O–H groups in total. The summed E-state index contributed by atoms with van der Waals surface area (Å²) in [4.78, 5) is 31.0. The van der Waals surface area contributed by atoms with Gasteiger partial charge in [-0.2, -0.15) is 0 Å². The van der Waals surface area contributed by atoms with Gasteiger partial charge in [0.1, 0.15) is 11.9 Å². The summed E-state index contributed by atoms with van der Waals surface area (Å²) < 4.78 is 0. The highest BCUT2D eigenvalue weighted by Gasteiger charge is 2.56. The van der Waals surface area contributed by atoms with Crippen molar-refractivity contribution >= 4 is 0 Å². The van der Waals surface area contributed by atoms with Crippen molar-refractivity contribution in [1.82, 2.24) is 0 Å². The van der Waals surface area contributed by atoms with Crippen LogP contribution in [0.2, 0.25) is 0 Å². The van der Waals surface area contributed by atoms with Gasteiger partial charge in [-0.15, -0.1) is 20.2 Å². The first-order valence-corrected chi connectivity index (χ1v) is 9.15. The Morgan fingerprint density at radius 3 is 2.65 bits per heavy atom. The van der Waals surface area contributed by atoms with E-state index >= 15 is 0 Å². The third-order valence-corrected chi connectivity index (χ3v) is 7.00. The number of rotatable bonds is 4. The van der Waals surface area contributed by atoms with Crippen LogP contribution in [0.5, 0.6) is 5.75 Å². The van der Waals surface area contributed by atoms with Crippen LogP contribution in [-0.4, -0.2) is 16.3 Å². The molecule has 2 saturated carbocycles. The van der Waals surface area contributed by atoms with Crippen molar-refractivity contribution in [2.45, 2.75) is 57.5 Å². The number of aryl methyl sites for hydroxylation is 1. The van der Waals surface area contributed by atoms with Crippen molar-refractivity contribution in [2.24, 2.45) is 17.3 Å². The Balaban J connectivity index is 1.58. The molecule has 3 aliphatic rings. The quantitative estimate of drug-likeness (QED) is 0.597. The summed E-state index contributed by atoms with van der Waals surface area (Å²) in [6.07, 6.45) is 5.15. The van der Waals surface area contributed by atoms with Gasteiger partial charge in [-0.1, -0.05) is 13.0 Å². The number of fused-ring (bicyclic) bond motifs is 5. The molecule has 1 unspecified atom stereocenters. The molecule has 26 heavy (non-hydrogen) atoms. The topological polar surface area (TPSA) is 105 Å². The summed E-state index contributed by atoms with van der Waals surface area (Å²) >= 11 is 0. The fourth-order valence-corrected chi connectivity index (χ4v) is 5.93. The molecule has 8 nitrogen and oxygen atoms in total. The summed E-state index contributed by atoms with van der Waals surface area (Å²) in [5.41, 5.74) is 2.25. The first-order chi connectivity index (χ1) is 12.4. The van der Waals surface area contributed by atoms with E-state index in [9.17, 15) is 20.2 Å². The lowest BCUT2D eigenvalue weighted by Gasteiger charge is -2.50. The minimum atomic E-state index is -0.784. The first-order valence-electron chi connectivity index (χ1n) is 9.15. The van der Waals surface area contributed by atoms with Crippen molar-refractivity contribution in [3.8, 4) is 5.75 Å². The SMILES string of the molecule is C[C@]12CC[C@@H]3c4ccc(O[N+](=O)[O-])cc4CC[C@H]3[C@@H]1CCC2O[N+](=O)[O-]. The van der Waals surface area contributed by atoms with Crippen molar-refractivity contribution in [3.63, 3.8) is 0 Å². The van der Waals surface area contributed by atoms with Crippen molar-refractivity contribution in [3.05, 3.63) is 49.6 Å². The number of nitrogens with zero attached hydrogens (tertiary/aromatic N) is 2. The summed E-state index contributed by atoms with van der Waals surface area (Å²) in [7, 11) is 0. The van der Waals surface area contributed by atoms with E-state index in [2.05, 4.69) is 11.8 Å². The second-order valence-corrected chi connectivity index (χ2v) is 8.03. The molecule has 8 heteroatoms. The van der Waals surface area contributed by atoms with E-state index in [0.29, 0.717) is 17.8 Å². The van der Waals surface area contributed by atoms with Gasteiger partial charge in [0, 0.05) is 0 Å². The molecule has 1 aromatic rings. The Morgan fingerprint density at radius 1 is 1.12 bits per heavy atom. The van der Waals surface area contributed by atoms with E-state index in [0.717, 1.165) is 44.1 Å². The highest BCUT2D eigenvalue weighted by atomic mass is 17.0. The smallest absolute Gasteiger partial charge is 0.299 e. The van der Waals surface area contributed by atoms with Crippen LogP contribution in [-0.2, 0) is 11.3 Å². The van der Waals surface area contributed by atoms with E-state index in [1.807, 2.05) is 6.07 Å².